The fourth-order valence-corrected chi connectivity index (χ4v) is 7.68. The van der Waals surface area contributed by atoms with E-state index in [-0.39, 0.29) is 12.0 Å². The third-order valence-corrected chi connectivity index (χ3v) is 10.0. The molecule has 4 aliphatic rings. The lowest BCUT2D eigenvalue weighted by atomic mass is 10.0. The Labute approximate surface area is 256 Å². The third kappa shape index (κ3) is 5.08. The van der Waals surface area contributed by atoms with E-state index in [1.165, 1.54) is 11.3 Å². The molecule has 1 N–H and O–H groups in total. The molecule has 0 bridgehead atoms. The Morgan fingerprint density at radius 2 is 1.95 bits per heavy atom. The molecule has 43 heavy (non-hydrogen) atoms. The average molecular weight is 602 g/mol. The fourth-order valence-electron chi connectivity index (χ4n) is 7.40. The molecule has 3 fully saturated rings. The normalized spacial score (nSPS) is 23.2. The summed E-state index contributed by atoms with van der Waals surface area (Å²) >= 11 is 6.71. The topological polar surface area (TPSA) is 109 Å². The van der Waals surface area contributed by atoms with Gasteiger partial charge < -0.3 is 24.5 Å². The predicted molar refractivity (Wildman–Crippen MR) is 165 cm³/mol. The molecule has 3 aliphatic heterocycles. The smallest absolute Gasteiger partial charge is 0.407 e. The van der Waals surface area contributed by atoms with E-state index < -0.39 is 12.1 Å². The standard InChI is InChI=1S/C32H36ClN7O3/c1-37-15-4-9-27(37)32(12-13-32)43-30-35-25-20-38(26-8-3-6-21-5-2-7-24(33)28(21)26)16-11-23(25)29(36-30)39-17-18-40(31(41)42)22(19-39)10-14-34/h2-3,5-8,22,27H,4,9-13,15-20H2,1H3,(H,41,42). The van der Waals surface area contributed by atoms with E-state index in [4.69, 9.17) is 26.3 Å². The van der Waals surface area contributed by atoms with Crippen molar-refractivity contribution in [3.05, 3.63) is 52.7 Å². The van der Waals surface area contributed by atoms with Gasteiger partial charge in [0.15, 0.2) is 0 Å². The van der Waals surface area contributed by atoms with Gasteiger partial charge in [-0.2, -0.15) is 15.2 Å². The Morgan fingerprint density at radius 1 is 1.14 bits per heavy atom. The Balaban J connectivity index is 1.26. The van der Waals surface area contributed by atoms with Crippen molar-refractivity contribution >= 4 is 40.0 Å². The first-order valence-electron chi connectivity index (χ1n) is 15.2. The number of benzene rings is 2. The van der Waals surface area contributed by atoms with Crippen molar-refractivity contribution in [1.82, 2.24) is 19.8 Å². The largest absolute Gasteiger partial charge is 0.465 e. The molecule has 1 amide bonds. The molecule has 4 heterocycles. The van der Waals surface area contributed by atoms with E-state index in [1.54, 1.807) is 0 Å². The number of nitriles is 1. The van der Waals surface area contributed by atoms with Gasteiger partial charge in [0, 0.05) is 48.9 Å². The molecule has 2 aromatic carbocycles. The molecule has 1 saturated carbocycles. The maximum absolute atomic E-state index is 11.9. The van der Waals surface area contributed by atoms with Crippen LogP contribution in [0.3, 0.4) is 0 Å². The van der Waals surface area contributed by atoms with Crippen molar-refractivity contribution in [3.63, 3.8) is 0 Å². The molecule has 2 unspecified atom stereocenters. The molecule has 0 spiro atoms. The van der Waals surface area contributed by atoms with Crippen molar-refractivity contribution in [3.8, 4) is 12.1 Å². The number of anilines is 2. The van der Waals surface area contributed by atoms with Crippen LogP contribution >= 0.6 is 11.6 Å². The highest BCUT2D eigenvalue weighted by molar-refractivity contribution is 6.36. The summed E-state index contributed by atoms with van der Waals surface area (Å²) in [5, 5.41) is 22.1. The quantitative estimate of drug-likeness (QED) is 0.420. The number of hydrogen-bond acceptors (Lipinski definition) is 8. The molecular formula is C32H36ClN7O3. The molecule has 1 aliphatic carbocycles. The second kappa shape index (κ2) is 11.0. The molecule has 10 nitrogen and oxygen atoms in total. The van der Waals surface area contributed by atoms with Gasteiger partial charge in [-0.05, 0) is 63.2 Å². The zero-order valence-corrected chi connectivity index (χ0v) is 25.1. The summed E-state index contributed by atoms with van der Waals surface area (Å²) in [7, 11) is 2.17. The summed E-state index contributed by atoms with van der Waals surface area (Å²) < 4.78 is 6.74. The van der Waals surface area contributed by atoms with Crippen LogP contribution < -0.4 is 14.5 Å². The van der Waals surface area contributed by atoms with Crippen molar-refractivity contribution < 1.29 is 14.6 Å². The molecule has 7 rings (SSSR count). The summed E-state index contributed by atoms with van der Waals surface area (Å²) in [5.41, 5.74) is 2.80. The zero-order valence-electron chi connectivity index (χ0n) is 24.4. The molecule has 11 heteroatoms. The van der Waals surface area contributed by atoms with Crippen molar-refractivity contribution in [1.29, 1.82) is 5.26 Å². The van der Waals surface area contributed by atoms with Gasteiger partial charge in [0.1, 0.15) is 11.4 Å². The SMILES string of the molecule is CN1CCCC1C1(Oc2nc3c(c(N4CCN(C(=O)O)C(CC#N)C4)n2)CCN(c2cccc4cccc(Cl)c24)C3)CC1. The summed E-state index contributed by atoms with van der Waals surface area (Å²) in [5.74, 6) is 0.805. The lowest BCUT2D eigenvalue weighted by Crippen LogP contribution is -2.55. The molecule has 3 aromatic rings. The highest BCUT2D eigenvalue weighted by atomic mass is 35.5. The monoisotopic (exact) mass is 601 g/mol. The number of carboxylic acid groups (broad SMARTS) is 1. The van der Waals surface area contributed by atoms with Crippen LogP contribution in [-0.2, 0) is 13.0 Å². The van der Waals surface area contributed by atoms with Crippen molar-refractivity contribution in [2.75, 3.05) is 49.6 Å². The molecule has 224 valence electrons. The summed E-state index contributed by atoms with van der Waals surface area (Å²) in [4.78, 5) is 30.3. The minimum Gasteiger partial charge on any atom is -0.465 e. The molecule has 2 atom stereocenters. The number of likely N-dealkylation sites (tertiary alicyclic amines) is 1. The number of rotatable bonds is 6. The van der Waals surface area contributed by atoms with Gasteiger partial charge in [-0.1, -0.05) is 35.9 Å². The highest BCUT2D eigenvalue weighted by Crippen LogP contribution is 2.48. The van der Waals surface area contributed by atoms with Crippen LogP contribution in [0, 0.1) is 11.3 Å². The first kappa shape index (κ1) is 28.0. The lowest BCUT2D eigenvalue weighted by Gasteiger charge is -2.41. The first-order chi connectivity index (χ1) is 20.9. The van der Waals surface area contributed by atoms with Gasteiger partial charge >= 0.3 is 12.1 Å². The van der Waals surface area contributed by atoms with Gasteiger partial charge in [0.25, 0.3) is 0 Å². The second-order valence-electron chi connectivity index (χ2n) is 12.3. The molecule has 2 saturated heterocycles. The molecule has 0 radical (unpaired) electrons. The summed E-state index contributed by atoms with van der Waals surface area (Å²) in [6.45, 7) is 3.63. The number of fused-ring (bicyclic) bond motifs is 2. The zero-order chi connectivity index (χ0) is 29.7. The third-order valence-electron chi connectivity index (χ3n) is 9.72. The Morgan fingerprint density at radius 3 is 2.67 bits per heavy atom. The minimum absolute atomic E-state index is 0.131. The summed E-state index contributed by atoms with van der Waals surface area (Å²) in [6.07, 6.45) is 4.11. The number of halogens is 1. The van der Waals surface area contributed by atoms with Crippen LogP contribution in [0.1, 0.15) is 43.4 Å². The van der Waals surface area contributed by atoms with Crippen LogP contribution in [-0.4, -0.2) is 88.4 Å². The number of aromatic nitrogens is 2. The van der Waals surface area contributed by atoms with E-state index in [0.717, 1.165) is 77.3 Å². The maximum Gasteiger partial charge on any atom is 0.407 e. The number of ether oxygens (including phenoxy) is 1. The Kier molecular flexibility index (Phi) is 7.18. The number of nitrogens with zero attached hydrogens (tertiary/aromatic N) is 7. The average Bonchev–Trinajstić information content (AvgIpc) is 3.64. The maximum atomic E-state index is 11.9. The molecular weight excluding hydrogens is 566 g/mol. The van der Waals surface area contributed by atoms with E-state index in [2.05, 4.69) is 52.1 Å². The highest BCUT2D eigenvalue weighted by Gasteiger charge is 2.55. The van der Waals surface area contributed by atoms with Crippen molar-refractivity contribution in [2.24, 2.45) is 0 Å². The number of piperazine rings is 1. The van der Waals surface area contributed by atoms with Crippen LogP contribution in [0.15, 0.2) is 36.4 Å². The van der Waals surface area contributed by atoms with Gasteiger partial charge in [0.05, 0.1) is 35.8 Å². The van der Waals surface area contributed by atoms with Gasteiger partial charge in [-0.3, -0.25) is 4.90 Å². The van der Waals surface area contributed by atoms with Gasteiger partial charge in [-0.15, -0.1) is 0 Å². The second-order valence-corrected chi connectivity index (χ2v) is 12.7. The Bertz CT molecular complexity index is 1600. The number of carbonyl (C=O) groups is 1. The van der Waals surface area contributed by atoms with E-state index in [9.17, 15) is 15.2 Å². The van der Waals surface area contributed by atoms with Crippen LogP contribution in [0.4, 0.5) is 16.3 Å². The van der Waals surface area contributed by atoms with Gasteiger partial charge in [-0.25, -0.2) is 4.79 Å². The lowest BCUT2D eigenvalue weighted by molar-refractivity contribution is 0.0757. The van der Waals surface area contributed by atoms with Crippen LogP contribution in [0.2, 0.25) is 5.02 Å². The van der Waals surface area contributed by atoms with E-state index >= 15 is 0 Å². The Hall–Kier alpha value is -3.81. The predicted octanol–water partition coefficient (Wildman–Crippen LogP) is 4.93. The van der Waals surface area contributed by atoms with Crippen molar-refractivity contribution in [2.45, 2.75) is 62.8 Å². The van der Waals surface area contributed by atoms with E-state index in [1.807, 2.05) is 12.1 Å². The van der Waals surface area contributed by atoms with Gasteiger partial charge in [0.2, 0.25) is 0 Å². The van der Waals surface area contributed by atoms with Crippen LogP contribution in [0.25, 0.3) is 10.8 Å². The van der Waals surface area contributed by atoms with E-state index in [0.29, 0.717) is 38.2 Å². The van der Waals surface area contributed by atoms with Crippen LogP contribution in [0.5, 0.6) is 6.01 Å². The minimum atomic E-state index is -0.991. The first-order valence-corrected chi connectivity index (χ1v) is 15.6. The fraction of sp³-hybridized carbons (Fsp3) is 0.500. The number of hydrogen-bond donors (Lipinski definition) is 1. The summed E-state index contributed by atoms with van der Waals surface area (Å²) in [6, 6.07) is 14.7. The number of likely N-dealkylation sites (N-methyl/N-ethyl adjacent to an activating group) is 1. The number of amides is 1. The molecule has 1 aromatic heterocycles.